The first kappa shape index (κ1) is 17.7. The fourth-order valence-corrected chi connectivity index (χ4v) is 4.01. The van der Waals surface area contributed by atoms with Gasteiger partial charge in [-0.3, -0.25) is 4.79 Å². The average molecular weight is 382 g/mol. The van der Waals surface area contributed by atoms with Crippen molar-refractivity contribution in [2.24, 2.45) is 0 Å². The van der Waals surface area contributed by atoms with E-state index in [0.717, 1.165) is 23.1 Å². The van der Waals surface area contributed by atoms with E-state index in [1.54, 1.807) is 12.1 Å². The van der Waals surface area contributed by atoms with Crippen LogP contribution >= 0.6 is 11.3 Å². The Bertz CT molecular complexity index is 963. The fourth-order valence-electron chi connectivity index (χ4n) is 3.12. The highest BCUT2D eigenvalue weighted by molar-refractivity contribution is 7.20. The smallest absolute Gasteiger partial charge is 0.274 e. The molecule has 0 spiro atoms. The lowest BCUT2D eigenvalue weighted by Gasteiger charge is -2.30. The first-order valence-electron chi connectivity index (χ1n) is 8.93. The summed E-state index contributed by atoms with van der Waals surface area (Å²) in [4.78, 5) is 18.4. The summed E-state index contributed by atoms with van der Waals surface area (Å²) in [5.41, 5.74) is 1.36. The number of hydrogen-bond acceptors (Lipinski definition) is 4. The molecule has 0 aliphatic carbocycles. The molecule has 0 bridgehead atoms. The average Bonchev–Trinajstić information content (AvgIpc) is 3.11. The maximum atomic E-state index is 13.8. The van der Waals surface area contributed by atoms with E-state index in [0.29, 0.717) is 23.8 Å². The number of hydrogen-bond donors (Lipinski definition) is 0. The van der Waals surface area contributed by atoms with Gasteiger partial charge in [-0.15, -0.1) is 0 Å². The van der Waals surface area contributed by atoms with E-state index in [-0.39, 0.29) is 17.8 Å². The SMILES string of the molecule is O=C(/C=C/c1ccccc1)N1CCC(Oc2nc3c(F)cccc3s2)CC1. The van der Waals surface area contributed by atoms with Crippen LogP contribution in [0.25, 0.3) is 16.3 Å². The van der Waals surface area contributed by atoms with Crippen LogP contribution in [0.4, 0.5) is 4.39 Å². The summed E-state index contributed by atoms with van der Waals surface area (Å²) in [6.45, 7) is 1.28. The number of para-hydroxylation sites is 1. The van der Waals surface area contributed by atoms with Crippen LogP contribution in [-0.4, -0.2) is 35.0 Å². The van der Waals surface area contributed by atoms with Crippen LogP contribution in [0, 0.1) is 5.82 Å². The molecule has 1 fully saturated rings. The number of amides is 1. The maximum Gasteiger partial charge on any atom is 0.274 e. The second-order valence-corrected chi connectivity index (χ2v) is 7.45. The van der Waals surface area contributed by atoms with E-state index >= 15 is 0 Å². The molecule has 0 saturated carbocycles. The molecule has 0 atom stereocenters. The van der Waals surface area contributed by atoms with Crippen molar-refractivity contribution in [3.05, 3.63) is 66.0 Å². The lowest BCUT2D eigenvalue weighted by atomic mass is 10.1. The van der Waals surface area contributed by atoms with Gasteiger partial charge in [-0.25, -0.2) is 4.39 Å². The van der Waals surface area contributed by atoms with Crippen LogP contribution < -0.4 is 4.74 Å². The number of aromatic nitrogens is 1. The molecule has 6 heteroatoms. The number of benzene rings is 2. The zero-order valence-corrected chi connectivity index (χ0v) is 15.5. The number of carbonyl (C=O) groups is 1. The number of likely N-dealkylation sites (tertiary alicyclic amines) is 1. The van der Waals surface area contributed by atoms with E-state index in [1.165, 1.54) is 17.4 Å². The van der Waals surface area contributed by atoms with Crippen LogP contribution in [0.15, 0.2) is 54.6 Å². The van der Waals surface area contributed by atoms with Gasteiger partial charge in [0.2, 0.25) is 5.91 Å². The van der Waals surface area contributed by atoms with Crippen molar-refractivity contribution in [1.82, 2.24) is 9.88 Å². The minimum atomic E-state index is -0.329. The molecule has 0 unspecified atom stereocenters. The van der Waals surface area contributed by atoms with Crippen molar-refractivity contribution >= 4 is 33.5 Å². The van der Waals surface area contributed by atoms with Crippen molar-refractivity contribution in [3.8, 4) is 5.19 Å². The molecular weight excluding hydrogens is 363 g/mol. The maximum absolute atomic E-state index is 13.8. The van der Waals surface area contributed by atoms with Gasteiger partial charge >= 0.3 is 0 Å². The van der Waals surface area contributed by atoms with Crippen LogP contribution in [0.3, 0.4) is 0 Å². The Hall–Kier alpha value is -2.73. The number of carbonyl (C=O) groups excluding carboxylic acids is 1. The Balaban J connectivity index is 1.32. The van der Waals surface area contributed by atoms with Crippen molar-refractivity contribution in [2.75, 3.05) is 13.1 Å². The normalized spacial score (nSPS) is 15.5. The molecule has 1 amide bonds. The van der Waals surface area contributed by atoms with Crippen LogP contribution in [0.2, 0.25) is 0 Å². The fraction of sp³-hybridized carbons (Fsp3) is 0.238. The molecule has 1 aliphatic heterocycles. The summed E-state index contributed by atoms with van der Waals surface area (Å²) in [5, 5.41) is 0.490. The number of halogens is 1. The van der Waals surface area contributed by atoms with Crippen LogP contribution in [0.5, 0.6) is 5.19 Å². The Kier molecular flexibility index (Phi) is 5.16. The molecule has 27 heavy (non-hydrogen) atoms. The zero-order valence-electron chi connectivity index (χ0n) is 14.7. The third kappa shape index (κ3) is 4.17. The number of rotatable bonds is 4. The summed E-state index contributed by atoms with van der Waals surface area (Å²) < 4.78 is 20.5. The van der Waals surface area contributed by atoms with Gasteiger partial charge in [-0.05, 0) is 23.8 Å². The van der Waals surface area contributed by atoms with Gasteiger partial charge < -0.3 is 9.64 Å². The Morgan fingerprint density at radius 2 is 1.93 bits per heavy atom. The van der Waals surface area contributed by atoms with Gasteiger partial charge in [0.15, 0.2) is 0 Å². The molecule has 0 radical (unpaired) electrons. The van der Waals surface area contributed by atoms with Gasteiger partial charge in [0, 0.05) is 32.0 Å². The number of fused-ring (bicyclic) bond motifs is 1. The molecule has 0 N–H and O–H groups in total. The molecule has 1 saturated heterocycles. The molecule has 138 valence electrons. The summed E-state index contributed by atoms with van der Waals surface area (Å²) in [6, 6.07) is 14.7. The Morgan fingerprint density at radius 1 is 1.15 bits per heavy atom. The second kappa shape index (κ2) is 7.88. The highest BCUT2D eigenvalue weighted by Gasteiger charge is 2.24. The number of thiazole rings is 1. The number of piperidine rings is 1. The first-order chi connectivity index (χ1) is 13.2. The van der Waals surface area contributed by atoms with Gasteiger partial charge in [0.1, 0.15) is 17.4 Å². The van der Waals surface area contributed by atoms with Gasteiger partial charge in [0.05, 0.1) is 4.70 Å². The van der Waals surface area contributed by atoms with Gasteiger partial charge in [-0.1, -0.05) is 47.7 Å². The van der Waals surface area contributed by atoms with Crippen molar-refractivity contribution in [1.29, 1.82) is 0 Å². The van der Waals surface area contributed by atoms with E-state index in [9.17, 15) is 9.18 Å². The van der Waals surface area contributed by atoms with Gasteiger partial charge in [0.25, 0.3) is 5.19 Å². The first-order valence-corrected chi connectivity index (χ1v) is 9.74. The summed E-state index contributed by atoms with van der Waals surface area (Å²) in [5.74, 6) is -0.316. The molecule has 3 aromatic rings. The molecule has 4 nitrogen and oxygen atoms in total. The Morgan fingerprint density at radius 3 is 2.67 bits per heavy atom. The standard InChI is InChI=1S/C21H19FN2O2S/c22-17-7-4-8-18-20(17)23-21(27-18)26-16-11-13-24(14-12-16)19(25)10-9-15-5-2-1-3-6-15/h1-10,16H,11-14H2/b10-9+. The second-order valence-electron chi connectivity index (χ2n) is 6.45. The molecular formula is C21H19FN2O2S. The summed E-state index contributed by atoms with van der Waals surface area (Å²) in [7, 11) is 0. The number of nitrogens with zero attached hydrogens (tertiary/aromatic N) is 2. The number of ether oxygens (including phenoxy) is 1. The van der Waals surface area contributed by atoms with Crippen molar-refractivity contribution in [2.45, 2.75) is 18.9 Å². The predicted molar refractivity (Wildman–Crippen MR) is 105 cm³/mol. The predicted octanol–water partition coefficient (Wildman–Crippen LogP) is 4.52. The molecule has 4 rings (SSSR count). The van der Waals surface area contributed by atoms with E-state index in [1.807, 2.05) is 47.4 Å². The molecule has 1 aromatic heterocycles. The monoisotopic (exact) mass is 382 g/mol. The summed E-state index contributed by atoms with van der Waals surface area (Å²) in [6.07, 6.45) is 4.93. The highest BCUT2D eigenvalue weighted by Crippen LogP contribution is 2.31. The van der Waals surface area contributed by atoms with E-state index in [4.69, 9.17) is 4.74 Å². The zero-order chi connectivity index (χ0) is 18.6. The Labute approximate surface area is 160 Å². The van der Waals surface area contributed by atoms with E-state index < -0.39 is 0 Å². The van der Waals surface area contributed by atoms with Crippen molar-refractivity contribution in [3.63, 3.8) is 0 Å². The highest BCUT2D eigenvalue weighted by atomic mass is 32.1. The van der Waals surface area contributed by atoms with Crippen LogP contribution in [-0.2, 0) is 4.79 Å². The minimum absolute atomic E-state index is 0.00391. The molecule has 2 aromatic carbocycles. The third-order valence-electron chi connectivity index (χ3n) is 4.59. The van der Waals surface area contributed by atoms with Crippen LogP contribution in [0.1, 0.15) is 18.4 Å². The summed E-state index contributed by atoms with van der Waals surface area (Å²) >= 11 is 1.35. The van der Waals surface area contributed by atoms with Gasteiger partial charge in [-0.2, -0.15) is 4.98 Å². The molecule has 2 heterocycles. The largest absolute Gasteiger partial charge is 0.467 e. The quantitative estimate of drug-likeness (QED) is 0.623. The lowest BCUT2D eigenvalue weighted by Crippen LogP contribution is -2.41. The third-order valence-corrected chi connectivity index (χ3v) is 5.50. The molecule has 1 aliphatic rings. The lowest BCUT2D eigenvalue weighted by molar-refractivity contribution is -0.127. The topological polar surface area (TPSA) is 42.4 Å². The van der Waals surface area contributed by atoms with E-state index in [2.05, 4.69) is 4.98 Å². The van der Waals surface area contributed by atoms with Crippen molar-refractivity contribution < 1.29 is 13.9 Å². The minimum Gasteiger partial charge on any atom is -0.467 e.